The number of nitro groups is 1. The molecular weight excluding hydrogens is 402 g/mol. The van der Waals surface area contributed by atoms with Gasteiger partial charge in [-0.3, -0.25) is 14.9 Å². The number of hydrogen-bond donors (Lipinski definition) is 0. The van der Waals surface area contributed by atoms with Gasteiger partial charge in [0.2, 0.25) is 5.13 Å². The average Bonchev–Trinajstić information content (AvgIpc) is 3.09. The number of amides is 1. The molecule has 2 heterocycles. The van der Waals surface area contributed by atoms with Crippen molar-refractivity contribution in [3.63, 3.8) is 0 Å². The number of rotatable bonds is 5. The van der Waals surface area contributed by atoms with E-state index in [0.29, 0.717) is 31.6 Å². The predicted molar refractivity (Wildman–Crippen MR) is 115 cm³/mol. The lowest BCUT2D eigenvalue weighted by atomic mass is 10.1. The number of aromatic nitrogens is 2. The maximum atomic E-state index is 12.8. The number of anilines is 1. The lowest BCUT2D eigenvalue weighted by molar-refractivity contribution is -0.384. The number of non-ortho nitro benzene ring substituents is 1. The molecule has 0 unspecified atom stereocenters. The molecule has 0 spiro atoms. The molecular formula is C21H21N5O3S. The van der Waals surface area contributed by atoms with Crippen LogP contribution in [0.25, 0.3) is 0 Å². The Labute approximate surface area is 178 Å². The molecule has 0 saturated carbocycles. The van der Waals surface area contributed by atoms with Gasteiger partial charge in [0.25, 0.3) is 11.6 Å². The Balaban J connectivity index is 1.38. The van der Waals surface area contributed by atoms with Gasteiger partial charge < -0.3 is 9.80 Å². The molecule has 2 aromatic carbocycles. The fourth-order valence-corrected chi connectivity index (χ4v) is 4.18. The van der Waals surface area contributed by atoms with Crippen LogP contribution in [-0.4, -0.2) is 51.3 Å². The van der Waals surface area contributed by atoms with Gasteiger partial charge in [-0.1, -0.05) is 30.3 Å². The van der Waals surface area contributed by atoms with Crippen molar-refractivity contribution < 1.29 is 9.72 Å². The zero-order valence-corrected chi connectivity index (χ0v) is 17.1. The highest BCUT2D eigenvalue weighted by molar-refractivity contribution is 7.09. The van der Waals surface area contributed by atoms with Gasteiger partial charge in [-0.15, -0.1) is 0 Å². The van der Waals surface area contributed by atoms with E-state index >= 15 is 0 Å². The molecule has 1 saturated heterocycles. The molecule has 8 nitrogen and oxygen atoms in total. The summed E-state index contributed by atoms with van der Waals surface area (Å²) in [6.07, 6.45) is 1.53. The molecule has 3 aromatic rings. The van der Waals surface area contributed by atoms with Crippen molar-refractivity contribution in [3.8, 4) is 0 Å². The molecule has 0 atom stereocenters. The van der Waals surface area contributed by atoms with E-state index < -0.39 is 4.92 Å². The highest BCUT2D eigenvalue weighted by Gasteiger charge is 2.22. The lowest BCUT2D eigenvalue weighted by Gasteiger charge is -2.21. The molecule has 0 bridgehead atoms. The first kappa shape index (κ1) is 20.0. The standard InChI is InChI=1S/C21H21N5O3S/c27-20(17-7-9-18(10-8-17)26(28)29)24-11-4-12-25(14-13-24)21-22-19(23-30-21)15-16-5-2-1-3-6-16/h1-3,5-10H,4,11-15H2. The third-order valence-corrected chi connectivity index (χ3v) is 5.86. The molecule has 9 heteroatoms. The van der Waals surface area contributed by atoms with E-state index in [-0.39, 0.29) is 11.6 Å². The zero-order chi connectivity index (χ0) is 20.9. The predicted octanol–water partition coefficient (Wildman–Crippen LogP) is 3.39. The summed E-state index contributed by atoms with van der Waals surface area (Å²) in [5.74, 6) is 0.707. The van der Waals surface area contributed by atoms with Gasteiger partial charge in [0, 0.05) is 61.8 Å². The van der Waals surface area contributed by atoms with E-state index in [1.165, 1.54) is 41.4 Å². The van der Waals surface area contributed by atoms with E-state index in [9.17, 15) is 14.9 Å². The highest BCUT2D eigenvalue weighted by atomic mass is 32.1. The van der Waals surface area contributed by atoms with Crippen LogP contribution in [0.3, 0.4) is 0 Å². The van der Waals surface area contributed by atoms with Gasteiger partial charge in [0.05, 0.1) is 4.92 Å². The summed E-state index contributed by atoms with van der Waals surface area (Å²) >= 11 is 1.39. The molecule has 154 valence electrons. The fourth-order valence-electron chi connectivity index (χ4n) is 3.44. The highest BCUT2D eigenvalue weighted by Crippen LogP contribution is 2.21. The first-order valence-corrected chi connectivity index (χ1v) is 10.5. The number of hydrogen-bond acceptors (Lipinski definition) is 7. The minimum Gasteiger partial charge on any atom is -0.345 e. The number of carbonyl (C=O) groups is 1. The quantitative estimate of drug-likeness (QED) is 0.461. The second kappa shape index (κ2) is 9.00. The summed E-state index contributed by atoms with van der Waals surface area (Å²) in [7, 11) is 0. The molecule has 1 aliphatic rings. The summed E-state index contributed by atoms with van der Waals surface area (Å²) in [6, 6.07) is 15.9. The Morgan fingerprint density at radius 1 is 1.03 bits per heavy atom. The van der Waals surface area contributed by atoms with Crippen molar-refractivity contribution >= 4 is 28.3 Å². The number of nitrogens with zero attached hydrogens (tertiary/aromatic N) is 5. The van der Waals surface area contributed by atoms with Crippen molar-refractivity contribution in [2.24, 2.45) is 0 Å². The summed E-state index contributed by atoms with van der Waals surface area (Å²) in [5, 5.41) is 11.7. The SMILES string of the molecule is O=C(c1ccc([N+](=O)[O-])cc1)N1CCCN(c2nc(Cc3ccccc3)ns2)CC1. The molecule has 1 amide bonds. The fraction of sp³-hybridized carbons (Fsp3) is 0.286. The van der Waals surface area contributed by atoms with Crippen LogP contribution in [0.15, 0.2) is 54.6 Å². The normalized spacial score (nSPS) is 14.4. The lowest BCUT2D eigenvalue weighted by Crippen LogP contribution is -2.35. The van der Waals surface area contributed by atoms with Gasteiger partial charge in [0.15, 0.2) is 0 Å². The molecule has 1 fully saturated rings. The Kier molecular flexibility index (Phi) is 5.99. The average molecular weight is 423 g/mol. The zero-order valence-electron chi connectivity index (χ0n) is 16.3. The summed E-state index contributed by atoms with van der Waals surface area (Å²) < 4.78 is 4.49. The molecule has 0 N–H and O–H groups in total. The Hall–Kier alpha value is -3.33. The molecule has 4 rings (SSSR count). The summed E-state index contributed by atoms with van der Waals surface area (Å²) in [5.41, 5.74) is 1.63. The van der Waals surface area contributed by atoms with E-state index in [1.54, 1.807) is 4.90 Å². The topological polar surface area (TPSA) is 92.5 Å². The van der Waals surface area contributed by atoms with E-state index in [2.05, 4.69) is 21.4 Å². The first-order chi connectivity index (χ1) is 14.6. The van der Waals surface area contributed by atoms with Crippen molar-refractivity contribution in [1.82, 2.24) is 14.3 Å². The van der Waals surface area contributed by atoms with Gasteiger partial charge in [-0.05, 0) is 24.1 Å². The van der Waals surface area contributed by atoms with Gasteiger partial charge in [-0.2, -0.15) is 4.37 Å². The maximum absolute atomic E-state index is 12.8. The van der Waals surface area contributed by atoms with Crippen LogP contribution in [-0.2, 0) is 6.42 Å². The number of nitro benzene ring substituents is 1. The third kappa shape index (κ3) is 4.62. The molecule has 30 heavy (non-hydrogen) atoms. The van der Waals surface area contributed by atoms with Crippen LogP contribution < -0.4 is 4.90 Å². The largest absolute Gasteiger partial charge is 0.345 e. The maximum Gasteiger partial charge on any atom is 0.269 e. The van der Waals surface area contributed by atoms with E-state index in [0.717, 1.165) is 23.9 Å². The molecule has 0 aliphatic carbocycles. The third-order valence-electron chi connectivity index (χ3n) is 5.04. The Bertz CT molecular complexity index is 1020. The molecule has 0 radical (unpaired) electrons. The van der Waals surface area contributed by atoms with Crippen LogP contribution >= 0.6 is 11.5 Å². The number of carbonyl (C=O) groups excluding carboxylic acids is 1. The minimum absolute atomic E-state index is 0.0174. The van der Waals surface area contributed by atoms with Gasteiger partial charge in [-0.25, -0.2) is 4.98 Å². The monoisotopic (exact) mass is 423 g/mol. The molecule has 1 aromatic heterocycles. The molecule has 1 aliphatic heterocycles. The van der Waals surface area contributed by atoms with Crippen LogP contribution in [0.2, 0.25) is 0 Å². The van der Waals surface area contributed by atoms with Crippen molar-refractivity contribution in [2.45, 2.75) is 12.8 Å². The summed E-state index contributed by atoms with van der Waals surface area (Å²) in [6.45, 7) is 2.70. The van der Waals surface area contributed by atoms with Crippen molar-refractivity contribution in [2.75, 3.05) is 31.1 Å². The van der Waals surface area contributed by atoms with Gasteiger partial charge in [0.1, 0.15) is 5.82 Å². The number of benzene rings is 2. The van der Waals surface area contributed by atoms with E-state index in [4.69, 9.17) is 4.98 Å². The van der Waals surface area contributed by atoms with Crippen molar-refractivity contribution in [1.29, 1.82) is 0 Å². The van der Waals surface area contributed by atoms with Crippen LogP contribution in [0.5, 0.6) is 0 Å². The van der Waals surface area contributed by atoms with E-state index in [1.807, 2.05) is 18.2 Å². The van der Waals surface area contributed by atoms with Gasteiger partial charge >= 0.3 is 0 Å². The van der Waals surface area contributed by atoms with Crippen LogP contribution in [0.1, 0.15) is 28.2 Å². The van der Waals surface area contributed by atoms with Crippen LogP contribution in [0, 0.1) is 10.1 Å². The smallest absolute Gasteiger partial charge is 0.269 e. The summed E-state index contributed by atoms with van der Waals surface area (Å²) in [4.78, 5) is 31.8. The second-order valence-electron chi connectivity index (χ2n) is 7.09. The minimum atomic E-state index is -0.466. The Morgan fingerprint density at radius 3 is 2.53 bits per heavy atom. The second-order valence-corrected chi connectivity index (χ2v) is 7.82. The Morgan fingerprint density at radius 2 is 1.80 bits per heavy atom. The first-order valence-electron chi connectivity index (χ1n) is 9.75. The van der Waals surface area contributed by atoms with Crippen molar-refractivity contribution in [3.05, 3.63) is 81.7 Å². The van der Waals surface area contributed by atoms with Crippen LogP contribution in [0.4, 0.5) is 10.8 Å².